The van der Waals surface area contributed by atoms with Gasteiger partial charge in [-0.3, -0.25) is 4.79 Å². The fourth-order valence-electron chi connectivity index (χ4n) is 0.903. The van der Waals surface area contributed by atoms with E-state index in [0.29, 0.717) is 0 Å². The zero-order chi connectivity index (χ0) is 8.59. The van der Waals surface area contributed by atoms with Gasteiger partial charge in [-0.05, 0) is 13.8 Å². The van der Waals surface area contributed by atoms with Crippen molar-refractivity contribution in [3.63, 3.8) is 0 Å². The van der Waals surface area contributed by atoms with Crippen molar-refractivity contribution in [1.29, 1.82) is 0 Å². The minimum atomic E-state index is -0.750. The summed E-state index contributed by atoms with van der Waals surface area (Å²) in [5.74, 6) is -1.46. The van der Waals surface area contributed by atoms with Gasteiger partial charge in [-0.1, -0.05) is 0 Å². The zero-order valence-corrected chi connectivity index (χ0v) is 6.25. The lowest BCUT2D eigenvalue weighted by atomic mass is 10.1. The highest BCUT2D eigenvalue weighted by atomic mass is 16.6. The fourth-order valence-corrected chi connectivity index (χ4v) is 0.903. The summed E-state index contributed by atoms with van der Waals surface area (Å²) in [6, 6.07) is 0. The van der Waals surface area contributed by atoms with Crippen LogP contribution in [0.1, 0.15) is 13.8 Å². The molecule has 1 aliphatic heterocycles. The molecule has 4 heteroatoms. The third kappa shape index (κ3) is 1.11. The van der Waals surface area contributed by atoms with Crippen molar-refractivity contribution in [3.05, 3.63) is 11.3 Å². The Labute approximate surface area is 63.5 Å². The van der Waals surface area contributed by atoms with Crippen molar-refractivity contribution in [1.82, 2.24) is 0 Å². The first kappa shape index (κ1) is 7.78. The number of aliphatic hydroxyl groups is 1. The summed E-state index contributed by atoms with van der Waals surface area (Å²) in [5.41, 5.74) is -0.225. The molecule has 0 bridgehead atoms. The van der Waals surface area contributed by atoms with Gasteiger partial charge in [0.15, 0.2) is 6.10 Å². The third-order valence-electron chi connectivity index (χ3n) is 1.47. The molecule has 60 valence electrons. The van der Waals surface area contributed by atoms with Gasteiger partial charge in [-0.25, -0.2) is 4.79 Å². The van der Waals surface area contributed by atoms with Crippen LogP contribution in [0.15, 0.2) is 11.3 Å². The standard InChI is InChI=1S/C7H8O4/c1-3(8)5-6(9)4(2)11-7(5)10/h4,8H,1-2H3/b5-3-. The molecule has 1 heterocycles. The SMILES string of the molecule is C/C(O)=C1/C(=O)OC(C)C1=O. The summed E-state index contributed by atoms with van der Waals surface area (Å²) in [6.07, 6.45) is -0.750. The highest BCUT2D eigenvalue weighted by molar-refractivity contribution is 6.23. The van der Waals surface area contributed by atoms with Gasteiger partial charge >= 0.3 is 5.97 Å². The van der Waals surface area contributed by atoms with Crippen molar-refractivity contribution >= 4 is 11.8 Å². The number of aliphatic hydroxyl groups excluding tert-OH is 1. The minimum Gasteiger partial charge on any atom is -0.512 e. The van der Waals surface area contributed by atoms with Crippen LogP contribution in [0.3, 0.4) is 0 Å². The molecular weight excluding hydrogens is 148 g/mol. The molecule has 0 aromatic carbocycles. The monoisotopic (exact) mass is 156 g/mol. The van der Waals surface area contributed by atoms with E-state index in [-0.39, 0.29) is 11.3 Å². The predicted octanol–water partition coefficient (Wildman–Crippen LogP) is 0.333. The number of ether oxygens (including phenoxy) is 1. The summed E-state index contributed by atoms with van der Waals surface area (Å²) in [5, 5.41) is 8.87. The Morgan fingerprint density at radius 1 is 1.55 bits per heavy atom. The van der Waals surface area contributed by atoms with Gasteiger partial charge in [-0.15, -0.1) is 0 Å². The quantitative estimate of drug-likeness (QED) is 0.237. The van der Waals surface area contributed by atoms with Crippen LogP contribution in [0.25, 0.3) is 0 Å². The number of carbonyl (C=O) groups is 2. The van der Waals surface area contributed by atoms with Gasteiger partial charge in [0.25, 0.3) is 0 Å². The lowest BCUT2D eigenvalue weighted by Gasteiger charge is -1.93. The average molecular weight is 156 g/mol. The van der Waals surface area contributed by atoms with Gasteiger partial charge in [0.2, 0.25) is 5.78 Å². The van der Waals surface area contributed by atoms with Crippen molar-refractivity contribution in [2.45, 2.75) is 20.0 Å². The van der Waals surface area contributed by atoms with E-state index in [1.807, 2.05) is 0 Å². The molecule has 1 aliphatic rings. The molecule has 1 rings (SSSR count). The lowest BCUT2D eigenvalue weighted by Crippen LogP contribution is -2.11. The minimum absolute atomic E-state index is 0.225. The number of hydrogen-bond donors (Lipinski definition) is 1. The number of hydrogen-bond acceptors (Lipinski definition) is 4. The molecule has 0 aliphatic carbocycles. The van der Waals surface area contributed by atoms with Gasteiger partial charge < -0.3 is 9.84 Å². The predicted molar refractivity (Wildman–Crippen MR) is 35.9 cm³/mol. The molecule has 0 amide bonds. The molecule has 0 saturated carbocycles. The van der Waals surface area contributed by atoms with Crippen LogP contribution in [-0.2, 0) is 14.3 Å². The normalized spacial score (nSPS) is 28.7. The Kier molecular flexibility index (Phi) is 1.68. The Hall–Kier alpha value is -1.32. The van der Waals surface area contributed by atoms with E-state index in [2.05, 4.69) is 4.74 Å². The number of ketones is 1. The first-order chi connectivity index (χ1) is 5.04. The number of allylic oxidation sites excluding steroid dienone is 1. The highest BCUT2D eigenvalue weighted by Gasteiger charge is 2.37. The molecule has 1 unspecified atom stereocenters. The first-order valence-corrected chi connectivity index (χ1v) is 3.19. The second kappa shape index (κ2) is 2.38. The summed E-state index contributed by atoms with van der Waals surface area (Å²) >= 11 is 0. The van der Waals surface area contributed by atoms with Crippen LogP contribution in [0.4, 0.5) is 0 Å². The largest absolute Gasteiger partial charge is 0.512 e. The van der Waals surface area contributed by atoms with Crippen LogP contribution in [0.5, 0.6) is 0 Å². The lowest BCUT2D eigenvalue weighted by molar-refractivity contribution is -0.140. The number of esters is 1. The number of Topliss-reactive ketones (excluding diaryl/α,β-unsaturated/α-hetero) is 1. The van der Waals surface area contributed by atoms with Crippen molar-refractivity contribution in [3.8, 4) is 0 Å². The van der Waals surface area contributed by atoms with Crippen LogP contribution in [0, 0.1) is 0 Å². The molecule has 1 N–H and O–H groups in total. The van der Waals surface area contributed by atoms with E-state index in [0.717, 1.165) is 0 Å². The van der Waals surface area contributed by atoms with E-state index in [4.69, 9.17) is 5.11 Å². The molecule has 0 aromatic heterocycles. The molecular formula is C7H8O4. The summed E-state index contributed by atoms with van der Waals surface area (Å²) in [7, 11) is 0. The molecule has 1 fully saturated rings. The van der Waals surface area contributed by atoms with E-state index < -0.39 is 17.9 Å². The molecule has 0 spiro atoms. The smallest absolute Gasteiger partial charge is 0.346 e. The van der Waals surface area contributed by atoms with Crippen molar-refractivity contribution in [2.75, 3.05) is 0 Å². The van der Waals surface area contributed by atoms with E-state index in [1.165, 1.54) is 13.8 Å². The van der Waals surface area contributed by atoms with Crippen LogP contribution in [-0.4, -0.2) is 23.0 Å². The van der Waals surface area contributed by atoms with E-state index in [1.54, 1.807) is 0 Å². The second-order valence-corrected chi connectivity index (χ2v) is 2.37. The van der Waals surface area contributed by atoms with Crippen molar-refractivity contribution in [2.24, 2.45) is 0 Å². The number of carbonyl (C=O) groups excluding carboxylic acids is 2. The molecule has 0 aromatic rings. The zero-order valence-electron chi connectivity index (χ0n) is 6.25. The van der Waals surface area contributed by atoms with E-state index in [9.17, 15) is 9.59 Å². The maximum absolute atomic E-state index is 11.0. The van der Waals surface area contributed by atoms with Crippen molar-refractivity contribution < 1.29 is 19.4 Å². The molecule has 1 atom stereocenters. The van der Waals surface area contributed by atoms with Gasteiger partial charge in [-0.2, -0.15) is 0 Å². The maximum Gasteiger partial charge on any atom is 0.346 e. The number of rotatable bonds is 0. The van der Waals surface area contributed by atoms with Gasteiger partial charge in [0.05, 0.1) is 0 Å². The first-order valence-electron chi connectivity index (χ1n) is 3.19. The molecule has 0 radical (unpaired) electrons. The summed E-state index contributed by atoms with van der Waals surface area (Å²) < 4.78 is 4.54. The summed E-state index contributed by atoms with van der Waals surface area (Å²) in [4.78, 5) is 21.8. The number of cyclic esters (lactones) is 1. The Morgan fingerprint density at radius 2 is 2.09 bits per heavy atom. The summed E-state index contributed by atoms with van der Waals surface area (Å²) in [6.45, 7) is 2.75. The van der Waals surface area contributed by atoms with Crippen LogP contribution < -0.4 is 0 Å². The second-order valence-electron chi connectivity index (χ2n) is 2.37. The van der Waals surface area contributed by atoms with E-state index >= 15 is 0 Å². The van der Waals surface area contributed by atoms with Gasteiger partial charge in [0, 0.05) is 0 Å². The Balaban J connectivity index is 3.09. The Bertz CT molecular complexity index is 247. The highest BCUT2D eigenvalue weighted by Crippen LogP contribution is 2.18. The maximum atomic E-state index is 11.0. The molecule has 1 saturated heterocycles. The van der Waals surface area contributed by atoms with Crippen LogP contribution in [0.2, 0.25) is 0 Å². The Morgan fingerprint density at radius 3 is 2.27 bits per heavy atom. The van der Waals surface area contributed by atoms with Gasteiger partial charge in [0.1, 0.15) is 11.3 Å². The molecule has 11 heavy (non-hydrogen) atoms. The average Bonchev–Trinajstić information content (AvgIpc) is 2.07. The van der Waals surface area contributed by atoms with Crippen LogP contribution >= 0.6 is 0 Å². The topological polar surface area (TPSA) is 63.6 Å². The third-order valence-corrected chi connectivity index (χ3v) is 1.47. The fraction of sp³-hybridized carbons (Fsp3) is 0.429. The molecule has 4 nitrogen and oxygen atoms in total.